The minimum atomic E-state index is -1.04. The fraction of sp³-hybridized carbons (Fsp3) is 1.00. The summed E-state index contributed by atoms with van der Waals surface area (Å²) in [5.41, 5.74) is 5.11. The van der Waals surface area contributed by atoms with Crippen molar-refractivity contribution in [2.24, 2.45) is 5.73 Å². The van der Waals surface area contributed by atoms with Gasteiger partial charge in [0.15, 0.2) is 6.23 Å². The van der Waals surface area contributed by atoms with Crippen molar-refractivity contribution in [2.75, 3.05) is 6.61 Å². The molecule has 3 atom stereocenters. The van der Waals surface area contributed by atoms with E-state index in [1.807, 2.05) is 0 Å². The van der Waals surface area contributed by atoms with Gasteiger partial charge in [0.2, 0.25) is 0 Å². The number of hydrogen-bond acceptors (Lipinski definition) is 5. The van der Waals surface area contributed by atoms with Crippen LogP contribution < -0.4 is 5.73 Å². The van der Waals surface area contributed by atoms with Crippen LogP contribution in [0.5, 0.6) is 0 Å². The maximum absolute atomic E-state index is 8.87. The van der Waals surface area contributed by atoms with E-state index in [9.17, 15) is 0 Å². The third-order valence-electron chi connectivity index (χ3n) is 1.15. The Balaban J connectivity index is 2.41. The molecule has 1 fully saturated rings. The van der Waals surface area contributed by atoms with Gasteiger partial charge in [0, 0.05) is 0 Å². The van der Waals surface area contributed by atoms with Crippen molar-refractivity contribution >= 4 is 0 Å². The van der Waals surface area contributed by atoms with E-state index in [1.165, 1.54) is 0 Å². The lowest BCUT2D eigenvalue weighted by molar-refractivity contribution is -0.382. The Bertz CT molecular complexity index is 88.6. The van der Waals surface area contributed by atoms with E-state index in [0.717, 1.165) is 0 Å². The van der Waals surface area contributed by atoms with Gasteiger partial charge in [-0.1, -0.05) is 0 Å². The summed E-state index contributed by atoms with van der Waals surface area (Å²) in [6.45, 7) is -0.0329. The zero-order valence-corrected chi connectivity index (χ0v) is 4.73. The van der Waals surface area contributed by atoms with Gasteiger partial charge < -0.3 is 15.9 Å². The summed E-state index contributed by atoms with van der Waals surface area (Å²) in [6.07, 6.45) is -2.92. The van der Waals surface area contributed by atoms with Crippen LogP contribution in [0, 0.1) is 0 Å². The van der Waals surface area contributed by atoms with Crippen LogP contribution in [-0.2, 0) is 9.78 Å². The fourth-order valence-electron chi connectivity index (χ4n) is 0.562. The summed E-state index contributed by atoms with van der Waals surface area (Å²) in [7, 11) is 0. The standard InChI is InChI=1S/C4H9NO4/c5-4-3(7)2(6)1-8-9-4/h2-4,6-7H,1,5H2. The molecule has 0 amide bonds. The van der Waals surface area contributed by atoms with Gasteiger partial charge in [-0.05, 0) is 0 Å². The Morgan fingerprint density at radius 3 is 2.56 bits per heavy atom. The molecule has 1 aliphatic rings. The van der Waals surface area contributed by atoms with Gasteiger partial charge in [-0.15, -0.1) is 0 Å². The summed E-state index contributed by atoms with van der Waals surface area (Å²) in [5, 5.41) is 17.7. The molecule has 3 unspecified atom stereocenters. The molecule has 1 aliphatic heterocycles. The van der Waals surface area contributed by atoms with Crippen molar-refractivity contribution in [3.63, 3.8) is 0 Å². The Hall–Kier alpha value is -0.200. The summed E-state index contributed by atoms with van der Waals surface area (Å²) in [4.78, 5) is 8.66. The van der Waals surface area contributed by atoms with Crippen LogP contribution >= 0.6 is 0 Å². The first-order chi connectivity index (χ1) is 4.22. The molecular weight excluding hydrogens is 126 g/mol. The van der Waals surface area contributed by atoms with Crippen molar-refractivity contribution in [1.29, 1.82) is 0 Å². The summed E-state index contributed by atoms with van der Waals surface area (Å²) in [5.74, 6) is 0. The number of aliphatic hydroxyl groups is 2. The largest absolute Gasteiger partial charge is 0.388 e. The predicted molar refractivity (Wildman–Crippen MR) is 27.0 cm³/mol. The van der Waals surface area contributed by atoms with Crippen molar-refractivity contribution in [3.05, 3.63) is 0 Å². The monoisotopic (exact) mass is 135 g/mol. The first-order valence-electron chi connectivity index (χ1n) is 2.62. The highest BCUT2D eigenvalue weighted by atomic mass is 17.2. The Morgan fingerprint density at radius 1 is 1.44 bits per heavy atom. The molecule has 0 aromatic carbocycles. The molecule has 0 saturated carbocycles. The van der Waals surface area contributed by atoms with Crippen LogP contribution in [0.3, 0.4) is 0 Å². The summed E-state index contributed by atoms with van der Waals surface area (Å²) >= 11 is 0. The fourth-order valence-corrected chi connectivity index (χ4v) is 0.562. The molecule has 4 N–H and O–H groups in total. The van der Waals surface area contributed by atoms with Crippen molar-refractivity contribution in [1.82, 2.24) is 0 Å². The molecule has 1 heterocycles. The Morgan fingerprint density at radius 2 is 2.11 bits per heavy atom. The number of aliphatic hydroxyl groups excluding tert-OH is 2. The van der Waals surface area contributed by atoms with E-state index in [1.54, 1.807) is 0 Å². The third-order valence-corrected chi connectivity index (χ3v) is 1.15. The van der Waals surface area contributed by atoms with Crippen LogP contribution in [-0.4, -0.2) is 35.3 Å². The quantitative estimate of drug-likeness (QED) is 0.333. The molecule has 1 saturated heterocycles. The second-order valence-corrected chi connectivity index (χ2v) is 1.90. The highest BCUT2D eigenvalue weighted by Crippen LogP contribution is 2.06. The molecule has 0 spiro atoms. The lowest BCUT2D eigenvalue weighted by atomic mass is 10.2. The molecule has 9 heavy (non-hydrogen) atoms. The minimum absolute atomic E-state index is 0.0329. The maximum atomic E-state index is 8.87. The SMILES string of the molecule is NC1OOCC(O)C1O. The van der Waals surface area contributed by atoms with E-state index in [-0.39, 0.29) is 6.61 Å². The van der Waals surface area contributed by atoms with Crippen molar-refractivity contribution < 1.29 is 20.0 Å². The van der Waals surface area contributed by atoms with Gasteiger partial charge in [-0.2, -0.15) is 0 Å². The zero-order chi connectivity index (χ0) is 6.85. The second-order valence-electron chi connectivity index (χ2n) is 1.90. The van der Waals surface area contributed by atoms with Gasteiger partial charge in [-0.25, -0.2) is 9.78 Å². The minimum Gasteiger partial charge on any atom is -0.388 e. The predicted octanol–water partition coefficient (Wildman–Crippen LogP) is -2.05. The van der Waals surface area contributed by atoms with E-state index < -0.39 is 18.4 Å². The number of nitrogens with two attached hydrogens (primary N) is 1. The Kier molecular flexibility index (Phi) is 1.99. The zero-order valence-electron chi connectivity index (χ0n) is 4.73. The van der Waals surface area contributed by atoms with Gasteiger partial charge >= 0.3 is 0 Å². The molecular formula is C4H9NO4. The third kappa shape index (κ3) is 1.38. The van der Waals surface area contributed by atoms with Crippen molar-refractivity contribution in [2.45, 2.75) is 18.4 Å². The molecule has 0 radical (unpaired) electrons. The van der Waals surface area contributed by atoms with Gasteiger partial charge in [-0.3, -0.25) is 0 Å². The molecule has 54 valence electrons. The molecule has 1 rings (SSSR count). The van der Waals surface area contributed by atoms with Gasteiger partial charge in [0.1, 0.15) is 18.8 Å². The molecule has 0 aromatic rings. The molecule has 0 aliphatic carbocycles. The smallest absolute Gasteiger partial charge is 0.170 e. The van der Waals surface area contributed by atoms with E-state index >= 15 is 0 Å². The topological polar surface area (TPSA) is 84.9 Å². The summed E-state index contributed by atoms with van der Waals surface area (Å²) < 4.78 is 0. The number of hydrogen-bond donors (Lipinski definition) is 3. The normalized spacial score (nSPS) is 45.0. The average Bonchev–Trinajstić information content (AvgIpc) is 1.83. The van der Waals surface area contributed by atoms with Gasteiger partial charge in [0.05, 0.1) is 0 Å². The average molecular weight is 135 g/mol. The van der Waals surface area contributed by atoms with E-state index in [0.29, 0.717) is 0 Å². The van der Waals surface area contributed by atoms with E-state index in [4.69, 9.17) is 15.9 Å². The van der Waals surface area contributed by atoms with E-state index in [2.05, 4.69) is 9.78 Å². The van der Waals surface area contributed by atoms with Crippen LogP contribution in [0.1, 0.15) is 0 Å². The summed E-state index contributed by atoms with van der Waals surface area (Å²) in [6, 6.07) is 0. The van der Waals surface area contributed by atoms with Crippen LogP contribution in [0.2, 0.25) is 0 Å². The maximum Gasteiger partial charge on any atom is 0.170 e. The van der Waals surface area contributed by atoms with Crippen molar-refractivity contribution in [3.8, 4) is 0 Å². The van der Waals surface area contributed by atoms with Crippen LogP contribution in [0.25, 0.3) is 0 Å². The highest BCUT2D eigenvalue weighted by molar-refractivity contribution is 4.72. The second kappa shape index (κ2) is 2.59. The lowest BCUT2D eigenvalue weighted by Crippen LogP contribution is -2.50. The molecule has 0 aromatic heterocycles. The number of rotatable bonds is 0. The van der Waals surface area contributed by atoms with Gasteiger partial charge in [0.25, 0.3) is 0 Å². The lowest BCUT2D eigenvalue weighted by Gasteiger charge is -2.27. The highest BCUT2D eigenvalue weighted by Gasteiger charge is 2.29. The first kappa shape index (κ1) is 6.91. The molecule has 5 heteroatoms. The Labute approximate surface area is 51.9 Å². The molecule has 0 bridgehead atoms. The van der Waals surface area contributed by atoms with Crippen LogP contribution in [0.4, 0.5) is 0 Å². The first-order valence-corrected chi connectivity index (χ1v) is 2.62. The molecule has 5 nitrogen and oxygen atoms in total. The van der Waals surface area contributed by atoms with Crippen LogP contribution in [0.15, 0.2) is 0 Å².